The molecule has 1 amide bonds. The standard InChI is InChI=1S/C21H33N3O4/c1-7-14(3)12-16(8-2)17-13-24(10-9-11-28-17)21(27)18(20(26)23-6)19(25)15(4)22-5/h7,15,20,23,25-26H,1,3,5,8-13H2,2,4,6H3/b17-16-,19-18+. The highest BCUT2D eigenvalue weighted by Crippen LogP contribution is 2.24. The van der Waals surface area contributed by atoms with Crippen LogP contribution < -0.4 is 5.32 Å². The van der Waals surface area contributed by atoms with Gasteiger partial charge in [0.2, 0.25) is 0 Å². The number of hydrogen-bond acceptors (Lipinski definition) is 6. The van der Waals surface area contributed by atoms with Crippen molar-refractivity contribution >= 4 is 12.6 Å². The summed E-state index contributed by atoms with van der Waals surface area (Å²) in [6, 6.07) is -0.706. The molecule has 0 aliphatic carbocycles. The first kappa shape index (κ1) is 23.7. The summed E-state index contributed by atoms with van der Waals surface area (Å²) >= 11 is 0. The molecule has 0 aromatic carbocycles. The third kappa shape index (κ3) is 6.07. The van der Waals surface area contributed by atoms with E-state index in [0.29, 0.717) is 26.0 Å². The number of hydrogen-bond donors (Lipinski definition) is 3. The van der Waals surface area contributed by atoms with Gasteiger partial charge in [0.25, 0.3) is 5.91 Å². The van der Waals surface area contributed by atoms with Crippen LogP contribution in [0.2, 0.25) is 0 Å². The van der Waals surface area contributed by atoms with Gasteiger partial charge in [-0.15, -0.1) is 0 Å². The topological polar surface area (TPSA) is 94.4 Å². The Morgan fingerprint density at radius 1 is 1.50 bits per heavy atom. The van der Waals surface area contributed by atoms with E-state index in [1.807, 2.05) is 6.92 Å². The molecule has 28 heavy (non-hydrogen) atoms. The second kappa shape index (κ2) is 11.5. The SMILES string of the molecule is C=CC(=C)C/C(CC)=C1/CN(C(=O)/C(=C(/O)C(C)N=C)C(O)NC)CCCO1. The molecule has 0 aromatic heterocycles. The third-order valence-electron chi connectivity index (χ3n) is 4.74. The smallest absolute Gasteiger partial charge is 0.257 e. The van der Waals surface area contributed by atoms with Crippen LogP contribution in [-0.4, -0.2) is 66.8 Å². The second-order valence-electron chi connectivity index (χ2n) is 6.70. The highest BCUT2D eigenvalue weighted by Gasteiger charge is 2.31. The van der Waals surface area contributed by atoms with E-state index in [1.54, 1.807) is 17.9 Å². The van der Waals surface area contributed by atoms with Crippen LogP contribution in [0.4, 0.5) is 0 Å². The van der Waals surface area contributed by atoms with Crippen molar-refractivity contribution in [1.82, 2.24) is 10.2 Å². The summed E-state index contributed by atoms with van der Waals surface area (Å²) < 4.78 is 5.90. The number of carbonyl (C=O) groups excluding carboxylic acids is 1. The summed E-state index contributed by atoms with van der Waals surface area (Å²) in [6.45, 7) is 15.9. The molecule has 156 valence electrons. The van der Waals surface area contributed by atoms with Gasteiger partial charge in [0, 0.05) is 6.54 Å². The first-order valence-electron chi connectivity index (χ1n) is 9.47. The zero-order valence-electron chi connectivity index (χ0n) is 17.2. The summed E-state index contributed by atoms with van der Waals surface area (Å²) in [5, 5.41) is 23.3. The Morgan fingerprint density at radius 2 is 2.18 bits per heavy atom. The fourth-order valence-electron chi connectivity index (χ4n) is 2.90. The maximum absolute atomic E-state index is 13.2. The van der Waals surface area contributed by atoms with Crippen LogP contribution in [0.3, 0.4) is 0 Å². The highest BCUT2D eigenvalue weighted by molar-refractivity contribution is 5.95. The van der Waals surface area contributed by atoms with Crippen LogP contribution in [0.15, 0.2) is 52.5 Å². The molecule has 0 bridgehead atoms. The van der Waals surface area contributed by atoms with Crippen LogP contribution in [0.5, 0.6) is 0 Å². The molecule has 1 heterocycles. The second-order valence-corrected chi connectivity index (χ2v) is 6.70. The number of likely N-dealkylation sites (N-methyl/N-ethyl adjacent to an activating group) is 1. The Hall–Kier alpha value is -2.38. The van der Waals surface area contributed by atoms with Crippen molar-refractivity contribution in [3.63, 3.8) is 0 Å². The number of amides is 1. The molecule has 1 aliphatic rings. The van der Waals surface area contributed by atoms with Gasteiger partial charge in [-0.2, -0.15) is 0 Å². The molecule has 3 N–H and O–H groups in total. The Labute approximate surface area is 167 Å². The monoisotopic (exact) mass is 391 g/mol. The van der Waals surface area contributed by atoms with Crippen molar-refractivity contribution in [2.24, 2.45) is 4.99 Å². The average molecular weight is 392 g/mol. The summed E-state index contributed by atoms with van der Waals surface area (Å²) in [4.78, 5) is 18.5. The van der Waals surface area contributed by atoms with Crippen molar-refractivity contribution in [2.75, 3.05) is 26.7 Å². The minimum absolute atomic E-state index is 0.128. The maximum Gasteiger partial charge on any atom is 0.257 e. The number of rotatable bonds is 9. The summed E-state index contributed by atoms with van der Waals surface area (Å²) in [7, 11) is 1.50. The van der Waals surface area contributed by atoms with Crippen molar-refractivity contribution in [2.45, 2.75) is 45.4 Å². The molecule has 0 saturated carbocycles. The molecule has 0 radical (unpaired) electrons. The van der Waals surface area contributed by atoms with Gasteiger partial charge in [0.05, 0.1) is 18.7 Å². The largest absolute Gasteiger partial charge is 0.509 e. The fraction of sp³-hybridized carbons (Fsp3) is 0.524. The summed E-state index contributed by atoms with van der Waals surface area (Å²) in [5.41, 5.74) is 1.80. The van der Waals surface area contributed by atoms with Crippen LogP contribution in [0.25, 0.3) is 0 Å². The number of carbonyl (C=O) groups is 1. The van der Waals surface area contributed by atoms with E-state index < -0.39 is 18.2 Å². The molecule has 7 nitrogen and oxygen atoms in total. The van der Waals surface area contributed by atoms with Gasteiger partial charge in [-0.3, -0.25) is 15.1 Å². The number of allylic oxidation sites excluding steroid dienone is 3. The highest BCUT2D eigenvalue weighted by atomic mass is 16.5. The molecule has 1 saturated heterocycles. The van der Waals surface area contributed by atoms with Crippen LogP contribution >= 0.6 is 0 Å². The Balaban J connectivity index is 3.27. The van der Waals surface area contributed by atoms with Crippen molar-refractivity contribution in [3.8, 4) is 0 Å². The van der Waals surface area contributed by atoms with Gasteiger partial charge in [-0.05, 0) is 45.5 Å². The predicted molar refractivity (Wildman–Crippen MR) is 112 cm³/mol. The lowest BCUT2D eigenvalue weighted by molar-refractivity contribution is -0.128. The number of nitrogens with zero attached hydrogens (tertiary/aromatic N) is 2. The summed E-state index contributed by atoms with van der Waals surface area (Å²) in [5.74, 6) is -0.0341. The van der Waals surface area contributed by atoms with E-state index >= 15 is 0 Å². The normalized spacial score (nSPS) is 19.5. The van der Waals surface area contributed by atoms with Gasteiger partial charge in [-0.1, -0.05) is 31.7 Å². The number of aliphatic hydroxyl groups excluding tert-OH is 2. The van der Waals surface area contributed by atoms with E-state index in [1.165, 1.54) is 7.05 Å². The van der Waals surface area contributed by atoms with Crippen molar-refractivity contribution in [3.05, 3.63) is 47.5 Å². The first-order chi connectivity index (χ1) is 13.3. The van der Waals surface area contributed by atoms with Crippen molar-refractivity contribution in [1.29, 1.82) is 0 Å². The third-order valence-corrected chi connectivity index (χ3v) is 4.74. The van der Waals surface area contributed by atoms with Gasteiger partial charge in [0.1, 0.15) is 23.8 Å². The zero-order valence-corrected chi connectivity index (χ0v) is 17.2. The number of aliphatic hydroxyl groups is 2. The lowest BCUT2D eigenvalue weighted by Crippen LogP contribution is -2.42. The molecule has 1 rings (SSSR count). The Kier molecular flexibility index (Phi) is 9.68. The lowest BCUT2D eigenvalue weighted by atomic mass is 10.0. The molecule has 1 fully saturated rings. The van der Waals surface area contributed by atoms with Gasteiger partial charge in [0.15, 0.2) is 0 Å². The Bertz CT molecular complexity index is 667. The molecule has 0 spiro atoms. The molecule has 7 heteroatoms. The molecule has 2 atom stereocenters. The van der Waals surface area contributed by atoms with E-state index in [4.69, 9.17) is 4.74 Å². The van der Waals surface area contributed by atoms with E-state index in [0.717, 1.165) is 23.3 Å². The van der Waals surface area contributed by atoms with Gasteiger partial charge >= 0.3 is 0 Å². The van der Waals surface area contributed by atoms with Crippen molar-refractivity contribution < 1.29 is 19.7 Å². The number of ether oxygens (including phenoxy) is 1. The minimum Gasteiger partial charge on any atom is -0.509 e. The number of aliphatic imine (C=N–C) groups is 1. The van der Waals surface area contributed by atoms with Crippen LogP contribution in [0.1, 0.15) is 33.1 Å². The maximum atomic E-state index is 13.2. The fourth-order valence-corrected chi connectivity index (χ4v) is 2.90. The Morgan fingerprint density at radius 3 is 2.71 bits per heavy atom. The molecular formula is C21H33N3O4. The minimum atomic E-state index is -1.32. The predicted octanol–water partition coefficient (Wildman–Crippen LogP) is 2.47. The molecule has 2 unspecified atom stereocenters. The molecule has 0 aromatic rings. The quantitative estimate of drug-likeness (QED) is 0.185. The lowest BCUT2D eigenvalue weighted by Gasteiger charge is -2.26. The molecule has 1 aliphatic heterocycles. The zero-order chi connectivity index (χ0) is 21.3. The van der Waals surface area contributed by atoms with Gasteiger partial charge < -0.3 is 19.8 Å². The van der Waals surface area contributed by atoms with E-state index in [2.05, 4.69) is 30.2 Å². The van der Waals surface area contributed by atoms with E-state index in [9.17, 15) is 15.0 Å². The van der Waals surface area contributed by atoms with E-state index in [-0.39, 0.29) is 17.9 Å². The summed E-state index contributed by atoms with van der Waals surface area (Å²) in [6.07, 6.45) is 2.42. The van der Waals surface area contributed by atoms with Gasteiger partial charge in [-0.25, -0.2) is 0 Å². The van der Waals surface area contributed by atoms with Crippen LogP contribution in [-0.2, 0) is 9.53 Å². The average Bonchev–Trinajstić information content (AvgIpc) is 2.96. The van der Waals surface area contributed by atoms with Crippen LogP contribution in [0, 0.1) is 0 Å². The number of nitrogens with one attached hydrogen (secondary N) is 1. The molecular weight excluding hydrogens is 358 g/mol. The first-order valence-corrected chi connectivity index (χ1v) is 9.47.